The topological polar surface area (TPSA) is 65.1 Å². The van der Waals surface area contributed by atoms with Crippen molar-refractivity contribution in [1.82, 2.24) is 24.1 Å². The number of aromatic nitrogens is 5. The van der Waals surface area contributed by atoms with Gasteiger partial charge in [-0.1, -0.05) is 11.8 Å². The van der Waals surface area contributed by atoms with Gasteiger partial charge in [0, 0.05) is 34.4 Å². The third-order valence-corrected chi connectivity index (χ3v) is 5.07. The van der Waals surface area contributed by atoms with Crippen LogP contribution in [0.3, 0.4) is 0 Å². The molecule has 132 valence electrons. The molecule has 0 aromatic carbocycles. The van der Waals surface area contributed by atoms with Crippen LogP contribution in [-0.4, -0.2) is 35.7 Å². The number of rotatable bonds is 5. The van der Waals surface area contributed by atoms with Crippen LogP contribution in [0.4, 0.5) is 0 Å². The number of nitrogens with zero attached hydrogens (tertiary/aromatic N) is 5. The first kappa shape index (κ1) is 17.7. The molecule has 25 heavy (non-hydrogen) atoms. The van der Waals surface area contributed by atoms with Gasteiger partial charge in [-0.3, -0.25) is 4.79 Å². The first-order valence-electron chi connectivity index (χ1n) is 8.33. The van der Waals surface area contributed by atoms with Crippen LogP contribution in [0.2, 0.25) is 0 Å². The summed E-state index contributed by atoms with van der Waals surface area (Å²) in [5.41, 5.74) is 4.81. The molecule has 0 aliphatic heterocycles. The Kier molecular flexibility index (Phi) is 4.69. The Morgan fingerprint density at radius 2 is 1.84 bits per heavy atom. The van der Waals surface area contributed by atoms with E-state index < -0.39 is 0 Å². The molecule has 0 unspecified atom stereocenters. The minimum Gasteiger partial charge on any atom is -0.346 e. The Bertz CT molecular complexity index is 954. The van der Waals surface area contributed by atoms with E-state index in [-0.39, 0.29) is 5.78 Å². The highest BCUT2D eigenvalue weighted by Crippen LogP contribution is 2.23. The van der Waals surface area contributed by atoms with Gasteiger partial charge in [0.05, 0.1) is 5.75 Å². The first-order chi connectivity index (χ1) is 11.8. The Morgan fingerprint density at radius 1 is 1.12 bits per heavy atom. The maximum absolute atomic E-state index is 12.7. The molecule has 0 aliphatic carbocycles. The normalized spacial score (nSPS) is 11.6. The number of fused-ring (bicyclic) bond motifs is 1. The van der Waals surface area contributed by atoms with Gasteiger partial charge in [-0.25, -0.2) is 9.50 Å². The highest BCUT2D eigenvalue weighted by Gasteiger charge is 2.18. The summed E-state index contributed by atoms with van der Waals surface area (Å²) < 4.78 is 3.90. The van der Waals surface area contributed by atoms with Crippen LogP contribution in [0.15, 0.2) is 17.3 Å². The molecule has 3 aromatic heterocycles. The van der Waals surface area contributed by atoms with Crippen molar-refractivity contribution in [3.63, 3.8) is 0 Å². The number of hydrogen-bond donors (Lipinski definition) is 0. The maximum atomic E-state index is 12.7. The molecule has 0 saturated carbocycles. The van der Waals surface area contributed by atoms with Gasteiger partial charge in [0.15, 0.2) is 5.78 Å². The van der Waals surface area contributed by atoms with Crippen molar-refractivity contribution in [3.8, 4) is 0 Å². The van der Waals surface area contributed by atoms with Crippen LogP contribution in [-0.2, 0) is 0 Å². The second-order valence-corrected chi connectivity index (χ2v) is 7.55. The Morgan fingerprint density at radius 3 is 2.48 bits per heavy atom. The lowest BCUT2D eigenvalue weighted by Crippen LogP contribution is -2.08. The summed E-state index contributed by atoms with van der Waals surface area (Å²) in [4.78, 5) is 21.4. The fraction of sp³-hybridized carbons (Fsp3) is 0.444. The van der Waals surface area contributed by atoms with E-state index in [1.165, 1.54) is 11.8 Å². The van der Waals surface area contributed by atoms with Crippen molar-refractivity contribution in [2.24, 2.45) is 0 Å². The van der Waals surface area contributed by atoms with Crippen LogP contribution < -0.4 is 0 Å². The molecule has 3 rings (SSSR count). The number of carbonyl (C=O) groups is 1. The molecule has 0 radical (unpaired) electrons. The second-order valence-electron chi connectivity index (χ2n) is 6.61. The third-order valence-electron chi connectivity index (χ3n) is 4.23. The summed E-state index contributed by atoms with van der Waals surface area (Å²) in [6.45, 7) is 12.2. The van der Waals surface area contributed by atoms with Crippen LogP contribution in [0.1, 0.15) is 53.0 Å². The molecular weight excluding hydrogens is 334 g/mol. The van der Waals surface area contributed by atoms with Gasteiger partial charge in [0.2, 0.25) is 5.16 Å². The number of ketones is 1. The molecule has 0 saturated heterocycles. The van der Waals surface area contributed by atoms with Gasteiger partial charge in [-0.15, -0.1) is 5.10 Å². The molecule has 0 N–H and O–H groups in total. The zero-order valence-electron chi connectivity index (χ0n) is 15.5. The number of Topliss-reactive ketones (excluding diaryl/α,β-unsaturated/α-hetero) is 1. The lowest BCUT2D eigenvalue weighted by Gasteiger charge is -2.13. The van der Waals surface area contributed by atoms with Gasteiger partial charge in [0.1, 0.15) is 0 Å². The molecule has 3 aromatic rings. The SMILES string of the molecule is Cc1cc(C)n2nc(SCC(=O)c3cc(C)n(C(C)C)c3C)nc2n1. The molecule has 0 atom stereocenters. The number of hydrogen-bond acceptors (Lipinski definition) is 5. The molecule has 0 spiro atoms. The van der Waals surface area contributed by atoms with E-state index >= 15 is 0 Å². The molecule has 6 nitrogen and oxygen atoms in total. The highest BCUT2D eigenvalue weighted by molar-refractivity contribution is 7.99. The molecule has 0 bridgehead atoms. The van der Waals surface area contributed by atoms with E-state index in [1.54, 1.807) is 4.52 Å². The minimum absolute atomic E-state index is 0.102. The fourth-order valence-corrected chi connectivity index (χ4v) is 3.97. The van der Waals surface area contributed by atoms with Gasteiger partial charge < -0.3 is 4.57 Å². The third kappa shape index (κ3) is 3.33. The molecule has 0 amide bonds. The zero-order chi connectivity index (χ0) is 18.3. The largest absolute Gasteiger partial charge is 0.346 e. The van der Waals surface area contributed by atoms with Crippen molar-refractivity contribution in [3.05, 3.63) is 40.5 Å². The Labute approximate surface area is 151 Å². The molecule has 3 heterocycles. The smallest absolute Gasteiger partial charge is 0.253 e. The second kappa shape index (κ2) is 6.63. The van der Waals surface area contributed by atoms with Crippen LogP contribution >= 0.6 is 11.8 Å². The van der Waals surface area contributed by atoms with E-state index in [4.69, 9.17) is 0 Å². The van der Waals surface area contributed by atoms with Crippen LogP contribution in [0.5, 0.6) is 0 Å². The number of thioether (sulfide) groups is 1. The fourth-order valence-electron chi connectivity index (χ4n) is 3.27. The van der Waals surface area contributed by atoms with Crippen LogP contribution in [0.25, 0.3) is 5.78 Å². The van der Waals surface area contributed by atoms with Crippen molar-refractivity contribution >= 4 is 23.3 Å². The molecule has 0 fully saturated rings. The van der Waals surface area contributed by atoms with Gasteiger partial charge >= 0.3 is 0 Å². The summed E-state index contributed by atoms with van der Waals surface area (Å²) in [6, 6.07) is 4.28. The maximum Gasteiger partial charge on any atom is 0.253 e. The summed E-state index contributed by atoms with van der Waals surface area (Å²) in [7, 11) is 0. The first-order valence-corrected chi connectivity index (χ1v) is 9.32. The van der Waals surface area contributed by atoms with Crippen molar-refractivity contribution in [1.29, 1.82) is 0 Å². The highest BCUT2D eigenvalue weighted by atomic mass is 32.2. The van der Waals surface area contributed by atoms with Crippen molar-refractivity contribution in [2.45, 2.75) is 52.7 Å². The molecular formula is C18H23N5OS. The average Bonchev–Trinajstić information content (AvgIpc) is 3.05. The standard InChI is InChI=1S/C18H23N5OS/c1-10(2)22-12(4)8-15(14(22)6)16(24)9-25-18-20-17-19-11(3)7-13(5)23(17)21-18/h7-8,10H,9H2,1-6H3. The van der Waals surface area contributed by atoms with Crippen molar-refractivity contribution < 1.29 is 4.79 Å². The van der Waals surface area contributed by atoms with E-state index in [1.807, 2.05) is 39.8 Å². The lowest BCUT2D eigenvalue weighted by molar-refractivity contribution is 0.102. The summed E-state index contributed by atoms with van der Waals surface area (Å²) in [5, 5.41) is 5.02. The Hall–Kier alpha value is -2.15. The predicted molar refractivity (Wildman–Crippen MR) is 99.6 cm³/mol. The van der Waals surface area contributed by atoms with Gasteiger partial charge in [-0.05, 0) is 53.7 Å². The lowest BCUT2D eigenvalue weighted by atomic mass is 10.2. The Balaban J connectivity index is 1.79. The number of carbonyl (C=O) groups excluding carboxylic acids is 1. The molecule has 7 heteroatoms. The summed E-state index contributed by atoms with van der Waals surface area (Å²) in [6.07, 6.45) is 0. The van der Waals surface area contributed by atoms with E-state index in [2.05, 4.69) is 33.5 Å². The summed E-state index contributed by atoms with van der Waals surface area (Å²) in [5.74, 6) is 0.993. The summed E-state index contributed by atoms with van der Waals surface area (Å²) >= 11 is 1.35. The van der Waals surface area contributed by atoms with E-state index in [0.29, 0.717) is 22.7 Å². The number of aryl methyl sites for hydroxylation is 3. The molecule has 0 aliphatic rings. The van der Waals surface area contributed by atoms with E-state index in [9.17, 15) is 4.79 Å². The zero-order valence-corrected chi connectivity index (χ0v) is 16.3. The van der Waals surface area contributed by atoms with Gasteiger partial charge in [-0.2, -0.15) is 4.98 Å². The predicted octanol–water partition coefficient (Wildman–Crippen LogP) is 3.72. The van der Waals surface area contributed by atoms with Crippen molar-refractivity contribution in [2.75, 3.05) is 5.75 Å². The van der Waals surface area contributed by atoms with Crippen LogP contribution in [0, 0.1) is 27.7 Å². The van der Waals surface area contributed by atoms with Gasteiger partial charge in [0.25, 0.3) is 5.78 Å². The average molecular weight is 357 g/mol. The quantitative estimate of drug-likeness (QED) is 0.514. The minimum atomic E-state index is 0.102. The van der Waals surface area contributed by atoms with E-state index in [0.717, 1.165) is 28.3 Å². The monoisotopic (exact) mass is 357 g/mol.